The Labute approximate surface area is 181 Å². The van der Waals surface area contributed by atoms with E-state index in [1.807, 2.05) is 31.6 Å². The molecule has 0 spiro atoms. The molecular weight excluding hydrogens is 472 g/mol. The lowest BCUT2D eigenvalue weighted by Gasteiger charge is -2.35. The Morgan fingerprint density at radius 2 is 1.28 bits per heavy atom. The van der Waals surface area contributed by atoms with Crippen LogP contribution in [0.4, 0.5) is 0 Å². The molecule has 1 rings (SSSR count). The molecule has 0 bridgehead atoms. The fourth-order valence-electron chi connectivity index (χ4n) is 2.91. The van der Waals surface area contributed by atoms with E-state index in [9.17, 15) is 13.2 Å². The fourth-order valence-corrected chi connectivity index (χ4v) is 3.58. The van der Waals surface area contributed by atoms with E-state index in [0.717, 1.165) is 0 Å². The van der Waals surface area contributed by atoms with Crippen molar-refractivity contribution >= 4 is 32.2 Å². The molecule has 1 saturated heterocycles. The van der Waals surface area contributed by atoms with Crippen LogP contribution in [0.1, 0.15) is 27.7 Å². The molecule has 1 aliphatic rings. The van der Waals surface area contributed by atoms with Gasteiger partial charge in [0, 0.05) is 22.7 Å². The average Bonchev–Trinajstić information content (AvgIpc) is 2.72. The van der Waals surface area contributed by atoms with Crippen LogP contribution in [0, 0.1) is 0 Å². The molecule has 0 aromatic rings. The smallest absolute Gasteiger partial charge is 0.267 e. The molecule has 172 valence electrons. The lowest BCUT2D eigenvalue weighted by molar-refractivity contribution is -0.134. The first-order valence-electron chi connectivity index (χ1n) is 9.45. The van der Waals surface area contributed by atoms with Crippen molar-refractivity contribution in [3.8, 4) is 0 Å². The molecule has 12 heteroatoms. The van der Waals surface area contributed by atoms with E-state index in [4.69, 9.17) is 23.5 Å². The van der Waals surface area contributed by atoms with Crippen LogP contribution in [0.5, 0.6) is 0 Å². The monoisotopic (exact) mass is 504 g/mol. The van der Waals surface area contributed by atoms with Gasteiger partial charge >= 0.3 is 0 Å². The second-order valence-electron chi connectivity index (χ2n) is 7.53. The highest BCUT2D eigenvalue weighted by molar-refractivity contribution is 9.07. The van der Waals surface area contributed by atoms with E-state index >= 15 is 0 Å². The van der Waals surface area contributed by atoms with Crippen LogP contribution in [0.15, 0.2) is 0 Å². The number of hydrogen-bond acceptors (Lipinski definition) is 8. The molecule has 29 heavy (non-hydrogen) atoms. The fraction of sp³-hybridized carbons (Fsp3) is 0.941. The molecule has 1 fully saturated rings. The predicted octanol–water partition coefficient (Wildman–Crippen LogP) is 0.909. The Hall–Kier alpha value is -0.340. The Morgan fingerprint density at radius 3 is 1.66 bits per heavy atom. The van der Waals surface area contributed by atoms with Crippen LogP contribution < -0.4 is 0 Å². The summed E-state index contributed by atoms with van der Waals surface area (Å²) in [5.41, 5.74) is -1.04. The molecule has 1 heterocycles. The quantitative estimate of drug-likeness (QED) is 0.197. The molecule has 10 nitrogen and oxygen atoms in total. The van der Waals surface area contributed by atoms with Crippen molar-refractivity contribution in [2.75, 3.05) is 65.2 Å². The van der Waals surface area contributed by atoms with E-state index in [1.54, 1.807) is 4.90 Å². The number of amides is 1. The minimum Gasteiger partial charge on any atom is -0.378 e. The maximum absolute atomic E-state index is 12.6. The van der Waals surface area contributed by atoms with Crippen molar-refractivity contribution in [2.24, 2.45) is 0 Å². The molecule has 0 atom stereocenters. The topological polar surface area (TPSA) is 115 Å². The van der Waals surface area contributed by atoms with E-state index in [0.29, 0.717) is 46.2 Å². The SMILES string of the molecule is CC1(C)C(=O)N(CCOCCOCCOCCOCCS(=O)(=O)O)C(C)(C)N1Br. The Balaban J connectivity index is 1.98. The first kappa shape index (κ1) is 26.7. The van der Waals surface area contributed by atoms with Crippen molar-refractivity contribution < 1.29 is 36.7 Å². The molecule has 1 N–H and O–H groups in total. The molecule has 1 aliphatic heterocycles. The first-order valence-corrected chi connectivity index (χ1v) is 11.8. The summed E-state index contributed by atoms with van der Waals surface area (Å²) >= 11 is 3.51. The maximum Gasteiger partial charge on any atom is 0.267 e. The average molecular weight is 505 g/mol. The standard InChI is InChI=1S/C17H33BrN2O8S/c1-16(2)15(21)19(17(3,4)20(16)18)5-6-25-7-8-26-9-10-27-11-12-28-13-14-29(22,23)24/h5-14H2,1-4H3,(H,22,23,24). The second-order valence-corrected chi connectivity index (χ2v) is 9.81. The molecule has 0 unspecified atom stereocenters. The van der Waals surface area contributed by atoms with Gasteiger partial charge in [-0.2, -0.15) is 8.42 Å². The highest BCUT2D eigenvalue weighted by Gasteiger charge is 2.55. The van der Waals surface area contributed by atoms with Gasteiger partial charge in [-0.3, -0.25) is 9.35 Å². The summed E-state index contributed by atoms with van der Waals surface area (Å²) < 4.78 is 52.6. The number of rotatable bonds is 15. The zero-order valence-corrected chi connectivity index (χ0v) is 20.0. The number of carbonyl (C=O) groups excluding carboxylic acids is 1. The van der Waals surface area contributed by atoms with Gasteiger partial charge in [-0.25, -0.2) is 3.93 Å². The zero-order chi connectivity index (χ0) is 22.1. The van der Waals surface area contributed by atoms with Gasteiger partial charge in [0.2, 0.25) is 5.91 Å². The Kier molecular flexibility index (Phi) is 10.9. The Morgan fingerprint density at radius 1 is 0.862 bits per heavy atom. The third-order valence-electron chi connectivity index (χ3n) is 4.46. The van der Waals surface area contributed by atoms with Crippen LogP contribution in [0.3, 0.4) is 0 Å². The van der Waals surface area contributed by atoms with Gasteiger partial charge < -0.3 is 23.8 Å². The van der Waals surface area contributed by atoms with Gasteiger partial charge in [-0.15, -0.1) is 0 Å². The van der Waals surface area contributed by atoms with Gasteiger partial charge in [0.1, 0.15) is 11.2 Å². The van der Waals surface area contributed by atoms with Gasteiger partial charge in [-0.1, -0.05) is 0 Å². The number of hydrogen-bond donors (Lipinski definition) is 1. The first-order chi connectivity index (χ1) is 13.4. The number of ether oxygens (including phenoxy) is 4. The number of halogens is 1. The van der Waals surface area contributed by atoms with E-state index in [-0.39, 0.29) is 19.1 Å². The summed E-state index contributed by atoms with van der Waals surface area (Å²) in [6.07, 6.45) is 0. The summed E-state index contributed by atoms with van der Waals surface area (Å²) in [4.78, 5) is 14.4. The summed E-state index contributed by atoms with van der Waals surface area (Å²) in [6.45, 7) is 10.8. The molecule has 0 radical (unpaired) electrons. The summed E-state index contributed by atoms with van der Waals surface area (Å²) in [5.74, 6) is -0.371. The number of carbonyl (C=O) groups is 1. The third kappa shape index (κ3) is 8.74. The van der Waals surface area contributed by atoms with Crippen molar-refractivity contribution in [3.63, 3.8) is 0 Å². The minimum absolute atomic E-state index is 0.0540. The van der Waals surface area contributed by atoms with Crippen LogP contribution in [-0.2, 0) is 33.9 Å². The van der Waals surface area contributed by atoms with E-state index in [2.05, 4.69) is 16.1 Å². The molecular formula is C17H33BrN2O8S. The lowest BCUT2D eigenvalue weighted by atomic mass is 10.1. The van der Waals surface area contributed by atoms with Gasteiger partial charge in [0.15, 0.2) is 0 Å². The third-order valence-corrected chi connectivity index (χ3v) is 6.90. The normalized spacial score (nSPS) is 19.2. The minimum atomic E-state index is -3.98. The molecule has 0 aromatic carbocycles. The van der Waals surface area contributed by atoms with Gasteiger partial charge in [0.05, 0.1) is 58.6 Å². The predicted molar refractivity (Wildman–Crippen MR) is 110 cm³/mol. The van der Waals surface area contributed by atoms with Crippen molar-refractivity contribution in [2.45, 2.75) is 38.9 Å². The molecule has 0 aliphatic carbocycles. The van der Waals surface area contributed by atoms with E-state index in [1.165, 1.54) is 0 Å². The van der Waals surface area contributed by atoms with E-state index < -0.39 is 27.1 Å². The van der Waals surface area contributed by atoms with Crippen LogP contribution >= 0.6 is 16.1 Å². The molecule has 1 amide bonds. The number of nitrogens with zero attached hydrogens (tertiary/aromatic N) is 2. The molecule has 0 aromatic heterocycles. The highest BCUT2D eigenvalue weighted by atomic mass is 79.9. The lowest BCUT2D eigenvalue weighted by Crippen LogP contribution is -2.47. The van der Waals surface area contributed by atoms with Gasteiger partial charge in [-0.05, 0) is 27.7 Å². The summed E-state index contributed by atoms with van der Waals surface area (Å²) in [6, 6.07) is 0. The summed E-state index contributed by atoms with van der Waals surface area (Å²) in [7, 11) is -3.98. The highest BCUT2D eigenvalue weighted by Crippen LogP contribution is 2.40. The Bertz CT molecular complexity index is 615. The van der Waals surface area contributed by atoms with Crippen molar-refractivity contribution in [3.05, 3.63) is 0 Å². The summed E-state index contributed by atoms with van der Waals surface area (Å²) in [5, 5.41) is 0. The molecule has 0 saturated carbocycles. The van der Waals surface area contributed by atoms with Crippen LogP contribution in [0.2, 0.25) is 0 Å². The van der Waals surface area contributed by atoms with Crippen molar-refractivity contribution in [1.82, 2.24) is 8.83 Å². The van der Waals surface area contributed by atoms with Crippen molar-refractivity contribution in [1.29, 1.82) is 0 Å². The van der Waals surface area contributed by atoms with Gasteiger partial charge in [0.25, 0.3) is 10.1 Å². The zero-order valence-electron chi connectivity index (χ0n) is 17.6. The largest absolute Gasteiger partial charge is 0.378 e. The van der Waals surface area contributed by atoms with Crippen LogP contribution in [0.25, 0.3) is 0 Å². The van der Waals surface area contributed by atoms with Crippen LogP contribution in [-0.4, -0.2) is 104 Å². The maximum atomic E-state index is 12.6. The second kappa shape index (κ2) is 11.9.